The fourth-order valence-electron chi connectivity index (χ4n) is 2.10. The summed E-state index contributed by atoms with van der Waals surface area (Å²) in [7, 11) is 0. The Labute approximate surface area is 89.4 Å². The van der Waals surface area contributed by atoms with Crippen LogP contribution < -0.4 is 5.32 Å². The molecule has 0 aromatic carbocycles. The maximum atomic E-state index is 8.40. The molecule has 4 nitrogen and oxygen atoms in total. The zero-order valence-electron chi connectivity index (χ0n) is 8.61. The van der Waals surface area contributed by atoms with Crippen molar-refractivity contribution in [1.29, 1.82) is 5.26 Å². The van der Waals surface area contributed by atoms with Crippen LogP contribution in [0.3, 0.4) is 0 Å². The van der Waals surface area contributed by atoms with Crippen molar-refractivity contribution in [3.63, 3.8) is 0 Å². The highest BCUT2D eigenvalue weighted by Crippen LogP contribution is 2.31. The quantitative estimate of drug-likeness (QED) is 0.591. The molecular formula is C11H14N4. The zero-order valence-corrected chi connectivity index (χ0v) is 8.61. The van der Waals surface area contributed by atoms with Gasteiger partial charge in [-0.25, -0.2) is 9.97 Å². The van der Waals surface area contributed by atoms with E-state index in [2.05, 4.69) is 15.3 Å². The molecule has 1 aliphatic carbocycles. The van der Waals surface area contributed by atoms with E-state index in [1.54, 1.807) is 0 Å². The fourth-order valence-corrected chi connectivity index (χ4v) is 2.10. The summed E-state index contributed by atoms with van der Waals surface area (Å²) in [5.41, 5.74) is 1.21. The van der Waals surface area contributed by atoms with Gasteiger partial charge in [0.25, 0.3) is 0 Å². The van der Waals surface area contributed by atoms with Crippen LogP contribution in [0.2, 0.25) is 0 Å². The molecule has 4 heteroatoms. The van der Waals surface area contributed by atoms with E-state index in [9.17, 15) is 0 Å². The molecule has 0 aliphatic heterocycles. The van der Waals surface area contributed by atoms with Crippen LogP contribution in [-0.2, 0) is 0 Å². The minimum atomic E-state index is 0.386. The van der Waals surface area contributed by atoms with Crippen LogP contribution in [0.15, 0.2) is 12.4 Å². The maximum Gasteiger partial charge on any atom is 0.236 e. The summed E-state index contributed by atoms with van der Waals surface area (Å²) in [4.78, 5) is 8.20. The zero-order chi connectivity index (χ0) is 10.5. The molecule has 0 spiro atoms. The molecule has 1 saturated carbocycles. The molecule has 0 saturated heterocycles. The summed E-state index contributed by atoms with van der Waals surface area (Å²) in [6.07, 6.45) is 11.9. The highest BCUT2D eigenvalue weighted by atomic mass is 15.1. The number of aromatic nitrogens is 2. The third-order valence-electron chi connectivity index (χ3n) is 2.92. The lowest BCUT2D eigenvalue weighted by Gasteiger charge is -2.21. The van der Waals surface area contributed by atoms with Crippen molar-refractivity contribution in [3.8, 4) is 6.19 Å². The first-order valence-electron chi connectivity index (χ1n) is 5.37. The Hall–Kier alpha value is -1.63. The molecule has 1 fully saturated rings. The average Bonchev–Trinajstić information content (AvgIpc) is 2.32. The van der Waals surface area contributed by atoms with Crippen LogP contribution in [0.25, 0.3) is 0 Å². The van der Waals surface area contributed by atoms with E-state index in [4.69, 9.17) is 5.26 Å². The SMILES string of the molecule is N#CNc1ncc(C2CCCCC2)cn1. The summed E-state index contributed by atoms with van der Waals surface area (Å²) in [6.45, 7) is 0. The molecule has 0 radical (unpaired) electrons. The van der Waals surface area contributed by atoms with Crippen LogP contribution in [-0.4, -0.2) is 9.97 Å². The van der Waals surface area contributed by atoms with Gasteiger partial charge in [0.1, 0.15) is 0 Å². The molecular weight excluding hydrogens is 188 g/mol. The predicted molar refractivity (Wildman–Crippen MR) is 57.1 cm³/mol. The van der Waals surface area contributed by atoms with Gasteiger partial charge in [-0.1, -0.05) is 19.3 Å². The van der Waals surface area contributed by atoms with Gasteiger partial charge < -0.3 is 0 Å². The van der Waals surface area contributed by atoms with Gasteiger partial charge in [0, 0.05) is 12.4 Å². The topological polar surface area (TPSA) is 61.6 Å². The molecule has 1 aliphatic rings. The van der Waals surface area contributed by atoms with Gasteiger partial charge in [0.2, 0.25) is 5.95 Å². The second-order valence-corrected chi connectivity index (χ2v) is 3.91. The molecule has 0 atom stereocenters. The molecule has 1 aromatic rings. The van der Waals surface area contributed by atoms with Gasteiger partial charge in [-0.05, 0) is 24.3 Å². The van der Waals surface area contributed by atoms with Gasteiger partial charge in [-0.15, -0.1) is 0 Å². The Morgan fingerprint density at radius 1 is 1.20 bits per heavy atom. The molecule has 0 bridgehead atoms. The summed E-state index contributed by atoms with van der Waals surface area (Å²) < 4.78 is 0. The fraction of sp³-hybridized carbons (Fsp3) is 0.545. The van der Waals surface area contributed by atoms with Crippen molar-refractivity contribution < 1.29 is 0 Å². The summed E-state index contributed by atoms with van der Waals surface area (Å²) >= 11 is 0. The molecule has 1 heterocycles. The van der Waals surface area contributed by atoms with Gasteiger partial charge in [-0.2, -0.15) is 5.26 Å². The van der Waals surface area contributed by atoms with E-state index in [0.29, 0.717) is 11.9 Å². The van der Waals surface area contributed by atoms with Gasteiger partial charge in [0.15, 0.2) is 6.19 Å². The van der Waals surface area contributed by atoms with E-state index in [1.165, 1.54) is 37.7 Å². The monoisotopic (exact) mass is 202 g/mol. The first-order chi connectivity index (χ1) is 7.40. The molecule has 1 N–H and O–H groups in total. The van der Waals surface area contributed by atoms with E-state index in [1.807, 2.05) is 18.6 Å². The first-order valence-corrected chi connectivity index (χ1v) is 5.37. The van der Waals surface area contributed by atoms with Crippen molar-refractivity contribution in [2.75, 3.05) is 5.32 Å². The van der Waals surface area contributed by atoms with Gasteiger partial charge >= 0.3 is 0 Å². The third-order valence-corrected chi connectivity index (χ3v) is 2.92. The summed E-state index contributed by atoms with van der Waals surface area (Å²) in [5, 5.41) is 10.8. The van der Waals surface area contributed by atoms with Crippen molar-refractivity contribution in [2.45, 2.75) is 38.0 Å². The number of hydrogen-bond donors (Lipinski definition) is 1. The molecule has 2 rings (SSSR count). The highest BCUT2D eigenvalue weighted by molar-refractivity contribution is 5.30. The van der Waals surface area contributed by atoms with Crippen molar-refractivity contribution in [1.82, 2.24) is 9.97 Å². The number of anilines is 1. The van der Waals surface area contributed by atoms with Crippen molar-refractivity contribution in [2.24, 2.45) is 0 Å². The maximum absolute atomic E-state index is 8.40. The van der Waals surface area contributed by atoms with Gasteiger partial charge in [-0.3, -0.25) is 5.32 Å². The molecule has 0 amide bonds. The largest absolute Gasteiger partial charge is 0.261 e. The van der Waals surface area contributed by atoms with Crippen LogP contribution in [0.5, 0.6) is 0 Å². The van der Waals surface area contributed by atoms with E-state index < -0.39 is 0 Å². The second-order valence-electron chi connectivity index (χ2n) is 3.91. The van der Waals surface area contributed by atoms with Crippen LogP contribution in [0, 0.1) is 11.5 Å². The minimum absolute atomic E-state index is 0.386. The van der Waals surface area contributed by atoms with E-state index in [-0.39, 0.29) is 0 Å². The van der Waals surface area contributed by atoms with Crippen molar-refractivity contribution in [3.05, 3.63) is 18.0 Å². The number of nitriles is 1. The van der Waals surface area contributed by atoms with Crippen LogP contribution in [0.4, 0.5) is 5.95 Å². The lowest BCUT2D eigenvalue weighted by atomic mass is 9.85. The summed E-state index contributed by atoms with van der Waals surface area (Å²) in [6, 6.07) is 0. The Balaban J connectivity index is 2.05. The third kappa shape index (κ3) is 2.44. The highest BCUT2D eigenvalue weighted by Gasteiger charge is 2.15. The Kier molecular flexibility index (Phi) is 3.13. The number of nitrogens with one attached hydrogen (secondary N) is 1. The lowest BCUT2D eigenvalue weighted by Crippen LogP contribution is -2.06. The first kappa shape index (κ1) is 9.91. The number of hydrogen-bond acceptors (Lipinski definition) is 4. The second kappa shape index (κ2) is 4.74. The Bertz CT molecular complexity index is 346. The Morgan fingerprint density at radius 3 is 2.47 bits per heavy atom. The van der Waals surface area contributed by atoms with Gasteiger partial charge in [0.05, 0.1) is 0 Å². The molecule has 0 unspecified atom stereocenters. The normalized spacial score (nSPS) is 17.0. The minimum Gasteiger partial charge on any atom is -0.261 e. The number of rotatable bonds is 2. The van der Waals surface area contributed by atoms with Crippen molar-refractivity contribution >= 4 is 5.95 Å². The predicted octanol–water partition coefficient (Wildman–Crippen LogP) is 2.42. The average molecular weight is 202 g/mol. The van der Waals surface area contributed by atoms with E-state index >= 15 is 0 Å². The molecule has 15 heavy (non-hydrogen) atoms. The van der Waals surface area contributed by atoms with Crippen LogP contribution in [0.1, 0.15) is 43.6 Å². The number of nitrogens with zero attached hydrogens (tertiary/aromatic N) is 3. The Morgan fingerprint density at radius 2 is 1.87 bits per heavy atom. The molecule has 78 valence electrons. The van der Waals surface area contributed by atoms with Crippen LogP contribution >= 0.6 is 0 Å². The molecule has 1 aromatic heterocycles. The smallest absolute Gasteiger partial charge is 0.236 e. The van der Waals surface area contributed by atoms with E-state index in [0.717, 1.165) is 0 Å². The standard InChI is InChI=1S/C11H14N4/c12-8-15-11-13-6-10(7-14-11)9-4-2-1-3-5-9/h6-7,9H,1-5H2,(H,13,14,15). The summed E-state index contributed by atoms with van der Waals surface area (Å²) in [5.74, 6) is 1.01. The lowest BCUT2D eigenvalue weighted by molar-refractivity contribution is 0.442.